The second kappa shape index (κ2) is 6.76. The summed E-state index contributed by atoms with van der Waals surface area (Å²) in [5.41, 5.74) is 5.59. The zero-order chi connectivity index (χ0) is 19.0. The summed E-state index contributed by atoms with van der Waals surface area (Å²) in [6, 6.07) is 13.9. The first kappa shape index (κ1) is 17.1. The molecule has 1 amide bonds. The summed E-state index contributed by atoms with van der Waals surface area (Å²) in [7, 11) is 3.78. The van der Waals surface area contributed by atoms with Gasteiger partial charge in [-0.1, -0.05) is 30.3 Å². The number of amides is 1. The number of carbonyl (C=O) groups excluding carboxylic acids is 1. The second-order valence-corrected chi connectivity index (χ2v) is 6.89. The van der Waals surface area contributed by atoms with Crippen LogP contribution in [0.1, 0.15) is 27.3 Å². The van der Waals surface area contributed by atoms with Crippen LogP contribution >= 0.6 is 0 Å². The van der Waals surface area contributed by atoms with E-state index in [4.69, 9.17) is 10.4 Å². The molecule has 6 heteroatoms. The molecule has 4 rings (SSSR count). The monoisotopic (exact) mass is 359 g/mol. The molecule has 0 N–H and O–H groups in total. The topological polar surface area (TPSA) is 66.8 Å². The van der Waals surface area contributed by atoms with Crippen LogP contribution in [0.4, 0.5) is 0 Å². The molecule has 3 heterocycles. The van der Waals surface area contributed by atoms with Gasteiger partial charge >= 0.3 is 0 Å². The number of hydrogen-bond acceptors (Lipinski definition) is 3. The molecule has 27 heavy (non-hydrogen) atoms. The van der Waals surface area contributed by atoms with Crippen molar-refractivity contribution in [1.82, 2.24) is 19.2 Å². The van der Waals surface area contributed by atoms with Crippen molar-refractivity contribution < 1.29 is 4.79 Å². The zero-order valence-corrected chi connectivity index (χ0v) is 15.5. The van der Waals surface area contributed by atoms with Gasteiger partial charge in [0.1, 0.15) is 11.8 Å². The Morgan fingerprint density at radius 3 is 2.59 bits per heavy atom. The maximum atomic E-state index is 13.0. The lowest BCUT2D eigenvalue weighted by Crippen LogP contribution is -2.34. The van der Waals surface area contributed by atoms with Crippen molar-refractivity contribution in [2.45, 2.75) is 12.8 Å². The van der Waals surface area contributed by atoms with Gasteiger partial charge in [-0.3, -0.25) is 9.48 Å². The van der Waals surface area contributed by atoms with Crippen molar-refractivity contribution in [2.75, 3.05) is 13.1 Å². The molecule has 0 unspecified atom stereocenters. The van der Waals surface area contributed by atoms with E-state index >= 15 is 0 Å². The quantitative estimate of drug-likeness (QED) is 0.706. The second-order valence-electron chi connectivity index (χ2n) is 6.89. The standard InChI is InChI=1S/C21H21N5O/c1-24-14-15(13-22)12-19(24)21(27)26-10-8-17-18(9-11-26)25(2)23-20(17)16-6-4-3-5-7-16/h3-7,12,14H,8-11H2,1-2H3. The van der Waals surface area contributed by atoms with Gasteiger partial charge < -0.3 is 9.47 Å². The molecule has 3 aromatic rings. The van der Waals surface area contributed by atoms with Crippen LogP contribution in [-0.4, -0.2) is 38.2 Å². The van der Waals surface area contributed by atoms with E-state index in [2.05, 4.69) is 18.2 Å². The molecule has 0 bridgehead atoms. The van der Waals surface area contributed by atoms with E-state index in [1.165, 1.54) is 11.3 Å². The van der Waals surface area contributed by atoms with Gasteiger partial charge in [-0.05, 0) is 12.5 Å². The first-order chi connectivity index (χ1) is 13.1. The normalized spacial score (nSPS) is 13.7. The highest BCUT2D eigenvalue weighted by molar-refractivity contribution is 5.93. The first-order valence-corrected chi connectivity index (χ1v) is 9.04. The summed E-state index contributed by atoms with van der Waals surface area (Å²) >= 11 is 0. The van der Waals surface area contributed by atoms with Gasteiger partial charge in [-0.2, -0.15) is 10.4 Å². The third-order valence-electron chi connectivity index (χ3n) is 5.21. The zero-order valence-electron chi connectivity index (χ0n) is 15.5. The van der Waals surface area contributed by atoms with Gasteiger partial charge in [0.25, 0.3) is 5.91 Å². The minimum absolute atomic E-state index is 0.0268. The van der Waals surface area contributed by atoms with Crippen LogP contribution in [0.15, 0.2) is 42.6 Å². The average molecular weight is 359 g/mol. The summed E-state index contributed by atoms with van der Waals surface area (Å²) in [6.07, 6.45) is 3.23. The summed E-state index contributed by atoms with van der Waals surface area (Å²) in [4.78, 5) is 14.9. The molecule has 1 aromatic carbocycles. The Labute approximate surface area is 158 Å². The van der Waals surface area contributed by atoms with E-state index in [1.807, 2.05) is 34.8 Å². The molecule has 0 saturated carbocycles. The van der Waals surface area contributed by atoms with Crippen LogP contribution in [-0.2, 0) is 26.9 Å². The molecule has 1 aliphatic rings. The lowest BCUT2D eigenvalue weighted by Gasteiger charge is -2.20. The Bertz CT molecular complexity index is 1040. The Balaban J connectivity index is 1.61. The van der Waals surface area contributed by atoms with Crippen LogP contribution < -0.4 is 0 Å². The molecular weight excluding hydrogens is 338 g/mol. The van der Waals surface area contributed by atoms with E-state index < -0.39 is 0 Å². The molecule has 0 radical (unpaired) electrons. The average Bonchev–Trinajstić information content (AvgIpc) is 3.12. The number of carbonyl (C=O) groups is 1. The minimum Gasteiger partial charge on any atom is -0.345 e. The van der Waals surface area contributed by atoms with Gasteiger partial charge in [-0.15, -0.1) is 0 Å². The van der Waals surface area contributed by atoms with Gasteiger partial charge in [0.05, 0.1) is 11.3 Å². The molecule has 136 valence electrons. The van der Waals surface area contributed by atoms with Crippen molar-refractivity contribution in [3.63, 3.8) is 0 Å². The predicted octanol–water partition coefficient (Wildman–Crippen LogP) is 2.54. The van der Waals surface area contributed by atoms with Crippen LogP contribution in [0.2, 0.25) is 0 Å². The summed E-state index contributed by atoms with van der Waals surface area (Å²) < 4.78 is 3.68. The van der Waals surface area contributed by atoms with Gasteiger partial charge in [0.2, 0.25) is 0 Å². The number of aromatic nitrogens is 3. The van der Waals surface area contributed by atoms with Gasteiger partial charge in [-0.25, -0.2) is 0 Å². The largest absolute Gasteiger partial charge is 0.345 e. The molecule has 0 spiro atoms. The van der Waals surface area contributed by atoms with Crippen LogP contribution in [0, 0.1) is 11.3 Å². The maximum Gasteiger partial charge on any atom is 0.270 e. The third kappa shape index (κ3) is 3.02. The van der Waals surface area contributed by atoms with Crippen molar-refractivity contribution in [1.29, 1.82) is 5.26 Å². The molecule has 2 aromatic heterocycles. The highest BCUT2D eigenvalue weighted by Gasteiger charge is 2.26. The smallest absolute Gasteiger partial charge is 0.270 e. The first-order valence-electron chi connectivity index (χ1n) is 9.04. The Kier molecular flexibility index (Phi) is 4.28. The predicted molar refractivity (Wildman–Crippen MR) is 102 cm³/mol. The lowest BCUT2D eigenvalue weighted by atomic mass is 10.0. The van der Waals surface area contributed by atoms with Crippen molar-refractivity contribution in [2.24, 2.45) is 14.1 Å². The van der Waals surface area contributed by atoms with Crippen LogP contribution in [0.3, 0.4) is 0 Å². The molecule has 0 saturated heterocycles. The van der Waals surface area contributed by atoms with E-state index in [9.17, 15) is 4.79 Å². The Morgan fingerprint density at radius 2 is 1.89 bits per heavy atom. The number of rotatable bonds is 2. The lowest BCUT2D eigenvalue weighted by molar-refractivity contribution is 0.0753. The number of nitrogens with zero attached hydrogens (tertiary/aromatic N) is 5. The number of hydrogen-bond donors (Lipinski definition) is 0. The van der Waals surface area contributed by atoms with Crippen LogP contribution in [0.25, 0.3) is 11.3 Å². The number of aryl methyl sites for hydroxylation is 2. The number of benzene rings is 1. The van der Waals surface area contributed by atoms with Crippen molar-refractivity contribution >= 4 is 5.91 Å². The van der Waals surface area contributed by atoms with E-state index in [1.54, 1.807) is 23.9 Å². The van der Waals surface area contributed by atoms with Crippen LogP contribution in [0.5, 0.6) is 0 Å². The molecular formula is C21H21N5O. The molecule has 1 aliphatic heterocycles. The molecule has 0 aliphatic carbocycles. The maximum absolute atomic E-state index is 13.0. The fourth-order valence-corrected chi connectivity index (χ4v) is 3.81. The van der Waals surface area contributed by atoms with E-state index in [-0.39, 0.29) is 5.91 Å². The number of nitriles is 1. The van der Waals surface area contributed by atoms with E-state index in [0.717, 1.165) is 24.1 Å². The van der Waals surface area contributed by atoms with Gasteiger partial charge in [0, 0.05) is 56.6 Å². The minimum atomic E-state index is -0.0268. The Hall–Kier alpha value is -3.33. The third-order valence-corrected chi connectivity index (χ3v) is 5.21. The summed E-state index contributed by atoms with van der Waals surface area (Å²) in [5.74, 6) is -0.0268. The van der Waals surface area contributed by atoms with E-state index in [0.29, 0.717) is 24.3 Å². The van der Waals surface area contributed by atoms with Gasteiger partial charge in [0.15, 0.2) is 0 Å². The fourth-order valence-electron chi connectivity index (χ4n) is 3.81. The summed E-state index contributed by atoms with van der Waals surface area (Å²) in [5, 5.41) is 13.8. The highest BCUT2D eigenvalue weighted by Crippen LogP contribution is 2.28. The highest BCUT2D eigenvalue weighted by atomic mass is 16.2. The molecule has 0 fully saturated rings. The Morgan fingerprint density at radius 1 is 1.15 bits per heavy atom. The number of fused-ring (bicyclic) bond motifs is 1. The summed E-state index contributed by atoms with van der Waals surface area (Å²) in [6.45, 7) is 1.29. The SMILES string of the molecule is Cn1cc(C#N)cc1C(=O)N1CCc2c(-c3ccccc3)nn(C)c2CC1. The van der Waals surface area contributed by atoms with Crippen molar-refractivity contribution in [3.05, 3.63) is 65.1 Å². The van der Waals surface area contributed by atoms with Crippen molar-refractivity contribution in [3.8, 4) is 17.3 Å². The molecule has 6 nitrogen and oxygen atoms in total. The fraction of sp³-hybridized carbons (Fsp3) is 0.286. The molecule has 0 atom stereocenters.